The van der Waals surface area contributed by atoms with Gasteiger partial charge >= 0.3 is 6.03 Å². The average molecular weight is 184 g/mol. The van der Waals surface area contributed by atoms with Gasteiger partial charge in [0.15, 0.2) is 0 Å². The minimum atomic E-state index is 0.0961. The Morgan fingerprint density at radius 1 is 1.62 bits per heavy atom. The number of nitrogens with one attached hydrogen (secondary N) is 1. The molecule has 0 radical (unpaired) electrons. The predicted molar refractivity (Wildman–Crippen MR) is 48.5 cm³/mol. The van der Waals surface area contributed by atoms with Crippen molar-refractivity contribution >= 4 is 6.03 Å². The molecule has 0 bridgehead atoms. The summed E-state index contributed by atoms with van der Waals surface area (Å²) in [6.45, 7) is 5.37. The Morgan fingerprint density at radius 3 is 3.08 bits per heavy atom. The van der Waals surface area contributed by atoms with Crippen molar-refractivity contribution in [2.45, 2.75) is 19.4 Å². The van der Waals surface area contributed by atoms with E-state index in [9.17, 15) is 4.79 Å². The van der Waals surface area contributed by atoms with E-state index in [1.165, 1.54) is 0 Å². The van der Waals surface area contributed by atoms with Crippen LogP contribution in [-0.4, -0.2) is 43.3 Å². The Morgan fingerprint density at radius 2 is 2.46 bits per heavy atom. The maximum absolute atomic E-state index is 11.4. The second-order valence-electron chi connectivity index (χ2n) is 3.83. The lowest BCUT2D eigenvalue weighted by molar-refractivity contribution is 0.0118. The van der Waals surface area contributed by atoms with Crippen molar-refractivity contribution in [1.29, 1.82) is 0 Å². The van der Waals surface area contributed by atoms with Gasteiger partial charge in [0.1, 0.15) is 0 Å². The number of rotatable bonds is 1. The van der Waals surface area contributed by atoms with Gasteiger partial charge in [-0.15, -0.1) is 0 Å². The van der Waals surface area contributed by atoms with E-state index < -0.39 is 0 Å². The molecule has 2 fully saturated rings. The molecular formula is C9H16N2O2. The molecule has 4 heteroatoms. The lowest BCUT2D eigenvalue weighted by Crippen LogP contribution is -2.46. The minimum absolute atomic E-state index is 0.0961. The van der Waals surface area contributed by atoms with Crippen LogP contribution >= 0.6 is 0 Å². The van der Waals surface area contributed by atoms with Gasteiger partial charge in [0, 0.05) is 31.7 Å². The highest BCUT2D eigenvalue weighted by molar-refractivity contribution is 5.76. The van der Waals surface area contributed by atoms with Gasteiger partial charge < -0.3 is 15.0 Å². The Labute approximate surface area is 78.2 Å². The van der Waals surface area contributed by atoms with Crippen LogP contribution in [0.3, 0.4) is 0 Å². The summed E-state index contributed by atoms with van der Waals surface area (Å²) in [5, 5.41) is 2.83. The van der Waals surface area contributed by atoms with E-state index in [4.69, 9.17) is 4.74 Å². The van der Waals surface area contributed by atoms with Crippen LogP contribution in [0.25, 0.3) is 0 Å². The first-order valence-corrected chi connectivity index (χ1v) is 4.91. The van der Waals surface area contributed by atoms with Crippen molar-refractivity contribution in [3.8, 4) is 0 Å². The summed E-state index contributed by atoms with van der Waals surface area (Å²) in [7, 11) is 0. The summed E-state index contributed by atoms with van der Waals surface area (Å²) >= 11 is 0. The first kappa shape index (κ1) is 8.81. The van der Waals surface area contributed by atoms with Crippen molar-refractivity contribution in [3.05, 3.63) is 0 Å². The molecule has 2 aliphatic rings. The van der Waals surface area contributed by atoms with Gasteiger partial charge in [0.05, 0.1) is 6.61 Å². The summed E-state index contributed by atoms with van der Waals surface area (Å²) in [5.41, 5.74) is 0. The van der Waals surface area contributed by atoms with Crippen LogP contribution in [0.15, 0.2) is 0 Å². The number of carbonyl (C=O) groups excluding carboxylic acids is 1. The van der Waals surface area contributed by atoms with Gasteiger partial charge in [-0.2, -0.15) is 0 Å². The summed E-state index contributed by atoms with van der Waals surface area (Å²) < 4.78 is 5.35. The number of amides is 2. The summed E-state index contributed by atoms with van der Waals surface area (Å²) in [5.74, 6) is 0.470. The molecule has 2 unspecified atom stereocenters. The lowest BCUT2D eigenvalue weighted by atomic mass is 9.96. The maximum Gasteiger partial charge on any atom is 0.317 e. The molecule has 0 aromatic rings. The third-order valence-corrected chi connectivity index (χ3v) is 2.89. The summed E-state index contributed by atoms with van der Waals surface area (Å²) in [6, 6.07) is 0.481. The first-order chi connectivity index (χ1) is 6.29. The highest BCUT2D eigenvalue weighted by Crippen LogP contribution is 2.21. The summed E-state index contributed by atoms with van der Waals surface area (Å²) in [4.78, 5) is 13.3. The van der Waals surface area contributed by atoms with E-state index >= 15 is 0 Å². The normalized spacial score (nSPS) is 34.8. The van der Waals surface area contributed by atoms with Gasteiger partial charge in [-0.05, 0) is 6.42 Å². The second-order valence-corrected chi connectivity index (χ2v) is 3.83. The van der Waals surface area contributed by atoms with Crippen molar-refractivity contribution in [3.63, 3.8) is 0 Å². The molecule has 0 aromatic carbocycles. The molecule has 4 nitrogen and oxygen atoms in total. The van der Waals surface area contributed by atoms with Crippen LogP contribution in [0.4, 0.5) is 4.79 Å². The molecule has 0 aliphatic carbocycles. The monoisotopic (exact) mass is 184 g/mol. The van der Waals surface area contributed by atoms with Crippen LogP contribution in [0.2, 0.25) is 0 Å². The number of hydrogen-bond acceptors (Lipinski definition) is 2. The maximum atomic E-state index is 11.4. The topological polar surface area (TPSA) is 41.6 Å². The number of urea groups is 1. The van der Waals surface area contributed by atoms with Gasteiger partial charge in [0.25, 0.3) is 0 Å². The molecule has 2 rings (SSSR count). The van der Waals surface area contributed by atoms with Crippen molar-refractivity contribution in [2.24, 2.45) is 5.92 Å². The van der Waals surface area contributed by atoms with Crippen LogP contribution in [0.1, 0.15) is 13.3 Å². The Hall–Kier alpha value is -0.770. The minimum Gasteiger partial charge on any atom is -0.381 e. The first-order valence-electron chi connectivity index (χ1n) is 4.91. The smallest absolute Gasteiger partial charge is 0.317 e. The molecule has 0 spiro atoms. The molecule has 13 heavy (non-hydrogen) atoms. The number of nitrogens with zero attached hydrogens (tertiary/aromatic N) is 1. The number of carbonyl (C=O) groups is 1. The average Bonchev–Trinajstić information content (AvgIpc) is 2.52. The fraction of sp³-hybridized carbons (Fsp3) is 0.889. The SMILES string of the molecule is CC1COCCC1N1CCNC1=O. The molecule has 2 heterocycles. The van der Waals surface area contributed by atoms with E-state index in [-0.39, 0.29) is 6.03 Å². The van der Waals surface area contributed by atoms with E-state index in [1.807, 2.05) is 4.90 Å². The zero-order valence-electron chi connectivity index (χ0n) is 7.95. The molecule has 2 aliphatic heterocycles. The molecule has 74 valence electrons. The highest BCUT2D eigenvalue weighted by atomic mass is 16.5. The summed E-state index contributed by atoms with van der Waals surface area (Å²) in [6.07, 6.45) is 0.981. The Balaban J connectivity index is 2.01. The van der Waals surface area contributed by atoms with Crippen LogP contribution in [0.5, 0.6) is 0 Å². The van der Waals surface area contributed by atoms with E-state index in [0.29, 0.717) is 12.0 Å². The van der Waals surface area contributed by atoms with Crippen molar-refractivity contribution < 1.29 is 9.53 Å². The third-order valence-electron chi connectivity index (χ3n) is 2.89. The molecule has 2 saturated heterocycles. The van der Waals surface area contributed by atoms with Gasteiger partial charge in [-0.1, -0.05) is 6.92 Å². The van der Waals surface area contributed by atoms with E-state index in [0.717, 1.165) is 32.7 Å². The molecular weight excluding hydrogens is 168 g/mol. The Kier molecular flexibility index (Phi) is 2.40. The quantitative estimate of drug-likeness (QED) is 0.642. The van der Waals surface area contributed by atoms with Crippen LogP contribution in [0, 0.1) is 5.92 Å². The Bertz CT molecular complexity index is 208. The molecule has 0 aromatic heterocycles. The molecule has 0 saturated carbocycles. The molecule has 2 atom stereocenters. The fourth-order valence-electron chi connectivity index (χ4n) is 2.13. The van der Waals surface area contributed by atoms with Gasteiger partial charge in [-0.25, -0.2) is 4.79 Å². The second kappa shape index (κ2) is 3.54. The largest absolute Gasteiger partial charge is 0.381 e. The van der Waals surface area contributed by atoms with Crippen LogP contribution in [-0.2, 0) is 4.74 Å². The van der Waals surface area contributed by atoms with Gasteiger partial charge in [0.2, 0.25) is 0 Å². The van der Waals surface area contributed by atoms with Crippen molar-refractivity contribution in [1.82, 2.24) is 10.2 Å². The molecule has 2 amide bonds. The van der Waals surface area contributed by atoms with E-state index in [1.54, 1.807) is 0 Å². The fourth-order valence-corrected chi connectivity index (χ4v) is 2.13. The third kappa shape index (κ3) is 1.63. The van der Waals surface area contributed by atoms with Gasteiger partial charge in [-0.3, -0.25) is 0 Å². The lowest BCUT2D eigenvalue weighted by Gasteiger charge is -2.35. The standard InChI is InChI=1S/C9H16N2O2/c1-7-6-13-5-2-8(7)11-4-3-10-9(11)12/h7-8H,2-6H2,1H3,(H,10,12). The highest BCUT2D eigenvalue weighted by Gasteiger charge is 2.33. The number of ether oxygens (including phenoxy) is 1. The zero-order valence-corrected chi connectivity index (χ0v) is 7.95. The van der Waals surface area contributed by atoms with Crippen LogP contribution < -0.4 is 5.32 Å². The predicted octanol–water partition coefficient (Wildman–Crippen LogP) is 0.437. The molecule has 1 N–H and O–H groups in total. The number of hydrogen-bond donors (Lipinski definition) is 1. The van der Waals surface area contributed by atoms with E-state index in [2.05, 4.69) is 12.2 Å². The van der Waals surface area contributed by atoms with Crippen molar-refractivity contribution in [2.75, 3.05) is 26.3 Å². The zero-order chi connectivity index (χ0) is 9.26.